The van der Waals surface area contributed by atoms with E-state index in [1.54, 1.807) is 24.3 Å². The summed E-state index contributed by atoms with van der Waals surface area (Å²) in [4.78, 5) is 29.0. The van der Waals surface area contributed by atoms with Gasteiger partial charge in [-0.3, -0.25) is 14.4 Å². The molecule has 1 aliphatic rings. The van der Waals surface area contributed by atoms with Crippen LogP contribution in [-0.2, 0) is 19.7 Å². The smallest absolute Gasteiger partial charge is 0.264 e. The Morgan fingerprint density at radius 2 is 1.64 bits per heavy atom. The topological polar surface area (TPSA) is 105 Å². The fourth-order valence-electron chi connectivity index (χ4n) is 2.49. The molecule has 2 aromatic rings. The molecule has 0 atom stereocenters. The largest absolute Gasteiger partial charge is 0.326 e. The summed E-state index contributed by atoms with van der Waals surface area (Å²) in [5.74, 6) is -0.318. The molecule has 0 heterocycles. The zero-order valence-corrected chi connectivity index (χ0v) is 16.3. The van der Waals surface area contributed by atoms with Crippen LogP contribution in [0.2, 0.25) is 0 Å². The number of nitrogens with zero attached hydrogens (tertiary/aromatic N) is 1. The molecule has 8 nitrogen and oxygen atoms in total. The van der Waals surface area contributed by atoms with E-state index in [0.717, 1.165) is 17.3 Å². The quantitative estimate of drug-likeness (QED) is 0.691. The Labute approximate surface area is 163 Å². The maximum Gasteiger partial charge on any atom is 0.264 e. The summed E-state index contributed by atoms with van der Waals surface area (Å²) in [5.41, 5.74) is 1.43. The summed E-state index contributed by atoms with van der Waals surface area (Å²) in [6.45, 7) is 0. The van der Waals surface area contributed by atoms with Crippen molar-refractivity contribution in [1.29, 1.82) is 0 Å². The molecule has 2 aromatic carbocycles. The fourth-order valence-corrected chi connectivity index (χ4v) is 3.47. The highest BCUT2D eigenvalue weighted by molar-refractivity contribution is 7.89. The van der Waals surface area contributed by atoms with Gasteiger partial charge in [0.25, 0.3) is 15.9 Å². The summed E-state index contributed by atoms with van der Waals surface area (Å²) in [5, 5.41) is 5.56. The highest BCUT2D eigenvalue weighted by Gasteiger charge is 2.29. The van der Waals surface area contributed by atoms with Crippen LogP contribution < -0.4 is 10.6 Å². The molecule has 0 aromatic heterocycles. The minimum absolute atomic E-state index is 0.0122. The molecule has 2 N–H and O–H groups in total. The first kappa shape index (κ1) is 20.0. The Morgan fingerprint density at radius 1 is 1.04 bits per heavy atom. The Hall–Kier alpha value is -2.75. The minimum Gasteiger partial charge on any atom is -0.326 e. The average Bonchev–Trinajstić information content (AvgIpc) is 3.53. The first-order chi connectivity index (χ1) is 13.3. The minimum atomic E-state index is -3.77. The van der Waals surface area contributed by atoms with Crippen molar-refractivity contribution in [3.8, 4) is 0 Å². The zero-order valence-electron chi connectivity index (χ0n) is 15.5. The molecule has 28 heavy (non-hydrogen) atoms. The predicted octanol–water partition coefficient (Wildman–Crippen LogP) is 2.47. The molecule has 0 aliphatic heterocycles. The molecule has 3 rings (SSSR count). The van der Waals surface area contributed by atoms with Gasteiger partial charge in [0, 0.05) is 29.9 Å². The van der Waals surface area contributed by atoms with Gasteiger partial charge < -0.3 is 10.6 Å². The van der Waals surface area contributed by atoms with Gasteiger partial charge in [-0.15, -0.1) is 0 Å². The van der Waals surface area contributed by atoms with E-state index in [1.807, 2.05) is 0 Å². The van der Waals surface area contributed by atoms with Gasteiger partial charge in [0.15, 0.2) is 0 Å². The van der Waals surface area contributed by atoms with Crippen molar-refractivity contribution in [1.82, 2.24) is 4.47 Å². The van der Waals surface area contributed by atoms with Crippen LogP contribution in [-0.4, -0.2) is 38.9 Å². The van der Waals surface area contributed by atoms with Crippen molar-refractivity contribution in [2.45, 2.75) is 17.7 Å². The number of sulfonamides is 1. The summed E-state index contributed by atoms with van der Waals surface area (Å²) in [7, 11) is -1.24. The van der Waals surface area contributed by atoms with E-state index >= 15 is 0 Å². The summed E-state index contributed by atoms with van der Waals surface area (Å²) in [6.07, 6.45) is 1.82. The molecule has 0 bridgehead atoms. The standard InChI is InChI=1S/C19H21N3O5S/c1-22(27-2)28(25,26)17-10-8-14(9-11-17)19(24)21-16-5-3-4-15(12-16)20-18(23)13-6-7-13/h3-5,8-13H,6-7H2,1-2H3,(H,20,23)(H,21,24). The van der Waals surface area contributed by atoms with Gasteiger partial charge in [0.2, 0.25) is 5.91 Å². The third-order valence-electron chi connectivity index (χ3n) is 4.35. The SMILES string of the molecule is CON(C)S(=O)(=O)c1ccc(C(=O)Nc2cccc(NC(=O)C3CC3)c2)cc1. The van der Waals surface area contributed by atoms with E-state index in [4.69, 9.17) is 4.84 Å². The first-order valence-electron chi connectivity index (χ1n) is 8.66. The van der Waals surface area contributed by atoms with Crippen LogP contribution in [0.1, 0.15) is 23.2 Å². The summed E-state index contributed by atoms with van der Waals surface area (Å²) < 4.78 is 25.1. The van der Waals surface area contributed by atoms with Gasteiger partial charge in [-0.25, -0.2) is 8.42 Å². The highest BCUT2D eigenvalue weighted by atomic mass is 32.2. The van der Waals surface area contributed by atoms with Crippen LogP contribution in [0, 0.1) is 5.92 Å². The Morgan fingerprint density at radius 3 is 2.21 bits per heavy atom. The Kier molecular flexibility index (Phi) is 5.78. The third-order valence-corrected chi connectivity index (χ3v) is 6.04. The van der Waals surface area contributed by atoms with Crippen LogP contribution in [0.4, 0.5) is 11.4 Å². The van der Waals surface area contributed by atoms with E-state index in [9.17, 15) is 18.0 Å². The Bertz CT molecular complexity index is 985. The molecular formula is C19H21N3O5S. The van der Waals surface area contributed by atoms with Crippen molar-refractivity contribution >= 4 is 33.2 Å². The number of rotatable bonds is 7. The monoisotopic (exact) mass is 403 g/mol. The van der Waals surface area contributed by atoms with Crippen molar-refractivity contribution in [3.05, 3.63) is 54.1 Å². The zero-order chi connectivity index (χ0) is 20.3. The van der Waals surface area contributed by atoms with Gasteiger partial charge in [0.05, 0.1) is 12.0 Å². The lowest BCUT2D eigenvalue weighted by Crippen LogP contribution is -2.25. The Balaban J connectivity index is 1.68. The van der Waals surface area contributed by atoms with E-state index in [0.29, 0.717) is 16.9 Å². The van der Waals surface area contributed by atoms with Crippen molar-refractivity contribution in [2.75, 3.05) is 24.8 Å². The van der Waals surface area contributed by atoms with Crippen LogP contribution >= 0.6 is 0 Å². The lowest BCUT2D eigenvalue weighted by atomic mass is 10.2. The number of benzene rings is 2. The molecule has 1 fully saturated rings. The molecule has 0 unspecified atom stereocenters. The number of anilines is 2. The molecule has 0 radical (unpaired) electrons. The van der Waals surface area contributed by atoms with Gasteiger partial charge in [0.1, 0.15) is 0 Å². The molecule has 1 saturated carbocycles. The second kappa shape index (κ2) is 8.09. The highest BCUT2D eigenvalue weighted by Crippen LogP contribution is 2.30. The summed E-state index contributed by atoms with van der Waals surface area (Å²) in [6, 6.07) is 12.4. The number of carbonyl (C=O) groups is 2. The number of hydrogen-bond donors (Lipinski definition) is 2. The van der Waals surface area contributed by atoms with Crippen LogP contribution in [0.25, 0.3) is 0 Å². The number of amides is 2. The first-order valence-corrected chi connectivity index (χ1v) is 10.1. The molecule has 9 heteroatoms. The van der Waals surface area contributed by atoms with E-state index in [1.165, 1.54) is 38.4 Å². The number of hydrogen-bond acceptors (Lipinski definition) is 5. The van der Waals surface area contributed by atoms with Gasteiger partial charge in [-0.05, 0) is 55.3 Å². The second-order valence-corrected chi connectivity index (χ2v) is 8.36. The third kappa shape index (κ3) is 4.56. The van der Waals surface area contributed by atoms with Crippen molar-refractivity contribution < 1.29 is 22.8 Å². The van der Waals surface area contributed by atoms with E-state index in [2.05, 4.69) is 10.6 Å². The molecule has 2 amide bonds. The van der Waals surface area contributed by atoms with Gasteiger partial charge in [-0.2, -0.15) is 0 Å². The molecule has 0 saturated heterocycles. The average molecular weight is 403 g/mol. The molecular weight excluding hydrogens is 382 g/mol. The lowest BCUT2D eigenvalue weighted by molar-refractivity contribution is -0.117. The molecule has 148 valence electrons. The lowest BCUT2D eigenvalue weighted by Gasteiger charge is -2.14. The second-order valence-electron chi connectivity index (χ2n) is 6.42. The van der Waals surface area contributed by atoms with Gasteiger partial charge in [-0.1, -0.05) is 10.5 Å². The predicted molar refractivity (Wildman–Crippen MR) is 104 cm³/mol. The maximum atomic E-state index is 12.4. The van der Waals surface area contributed by atoms with Crippen LogP contribution in [0.3, 0.4) is 0 Å². The normalized spacial score (nSPS) is 14.0. The van der Waals surface area contributed by atoms with Crippen molar-refractivity contribution in [3.63, 3.8) is 0 Å². The molecule has 1 aliphatic carbocycles. The molecule has 0 spiro atoms. The number of nitrogens with one attached hydrogen (secondary N) is 2. The number of carbonyl (C=O) groups excluding carboxylic acids is 2. The van der Waals surface area contributed by atoms with Crippen molar-refractivity contribution in [2.24, 2.45) is 5.92 Å². The maximum absolute atomic E-state index is 12.4. The van der Waals surface area contributed by atoms with Crippen LogP contribution in [0.15, 0.2) is 53.4 Å². The van der Waals surface area contributed by atoms with E-state index < -0.39 is 15.9 Å². The van der Waals surface area contributed by atoms with Crippen LogP contribution in [0.5, 0.6) is 0 Å². The summed E-state index contributed by atoms with van der Waals surface area (Å²) >= 11 is 0. The number of hydroxylamine groups is 1. The fraction of sp³-hybridized carbons (Fsp3) is 0.263. The van der Waals surface area contributed by atoms with Gasteiger partial charge >= 0.3 is 0 Å². The van der Waals surface area contributed by atoms with E-state index in [-0.39, 0.29) is 16.7 Å².